The molecule has 1 atom stereocenters. The number of nitrogens with two attached hydrogens (primary N) is 1. The number of para-hydroxylation sites is 1. The molecule has 1 aliphatic rings. The highest BCUT2D eigenvalue weighted by Gasteiger charge is 2.22. The predicted octanol–water partition coefficient (Wildman–Crippen LogP) is 2.57. The number of aryl methyl sites for hydroxylation is 1. The average Bonchev–Trinajstić information content (AvgIpc) is 2.43. The van der Waals surface area contributed by atoms with E-state index in [1.165, 1.54) is 0 Å². The first-order chi connectivity index (χ1) is 8.74. The number of ether oxygens (including phenoxy) is 1. The van der Waals surface area contributed by atoms with Gasteiger partial charge in [-0.05, 0) is 43.9 Å². The van der Waals surface area contributed by atoms with Crippen LogP contribution in [0.2, 0.25) is 0 Å². The summed E-state index contributed by atoms with van der Waals surface area (Å²) in [6, 6.07) is 5.89. The van der Waals surface area contributed by atoms with E-state index in [0.29, 0.717) is 13.2 Å². The number of carbonyl (C=O) groups excluding carboxylic acids is 1. The number of ketones is 1. The molecule has 0 spiro atoms. The molecule has 0 amide bonds. The molecule has 1 aromatic rings. The van der Waals surface area contributed by atoms with Crippen molar-refractivity contribution in [3.63, 3.8) is 0 Å². The van der Waals surface area contributed by atoms with E-state index in [9.17, 15) is 4.79 Å². The first-order valence-electron chi connectivity index (χ1n) is 6.73. The normalized spacial score (nSPS) is 15.7. The summed E-state index contributed by atoms with van der Waals surface area (Å²) in [5.74, 6) is 1.01. The van der Waals surface area contributed by atoms with Crippen LogP contribution < -0.4 is 10.5 Å². The fourth-order valence-electron chi connectivity index (χ4n) is 2.40. The molecule has 0 saturated carbocycles. The summed E-state index contributed by atoms with van der Waals surface area (Å²) in [7, 11) is 0. The van der Waals surface area contributed by atoms with Crippen LogP contribution in [0.1, 0.15) is 42.1 Å². The Balaban J connectivity index is 2.19. The molecule has 1 aliphatic heterocycles. The standard InChI is InChI=1S/C15H21NO2/c1-11(5-3-9-16)14(17)13-8-2-6-12-7-4-10-18-15(12)13/h2,6,8,11H,3-5,7,9-10,16H2,1H3. The maximum absolute atomic E-state index is 12.4. The van der Waals surface area contributed by atoms with Crippen molar-refractivity contribution < 1.29 is 9.53 Å². The van der Waals surface area contributed by atoms with Gasteiger partial charge in [-0.1, -0.05) is 19.1 Å². The van der Waals surface area contributed by atoms with Crippen LogP contribution in [0.4, 0.5) is 0 Å². The Bertz CT molecular complexity index is 429. The van der Waals surface area contributed by atoms with Gasteiger partial charge in [0.15, 0.2) is 5.78 Å². The molecule has 18 heavy (non-hydrogen) atoms. The van der Waals surface area contributed by atoms with Crippen LogP contribution in [0.5, 0.6) is 5.75 Å². The Morgan fingerprint density at radius 3 is 3.11 bits per heavy atom. The molecule has 98 valence electrons. The molecule has 3 heteroatoms. The SMILES string of the molecule is CC(CCCN)C(=O)c1cccc2c1OCCC2. The van der Waals surface area contributed by atoms with Crippen LogP contribution in [0.15, 0.2) is 18.2 Å². The van der Waals surface area contributed by atoms with E-state index in [2.05, 4.69) is 6.07 Å². The second kappa shape index (κ2) is 6.01. The van der Waals surface area contributed by atoms with Gasteiger partial charge in [-0.2, -0.15) is 0 Å². The average molecular weight is 247 g/mol. The van der Waals surface area contributed by atoms with Crippen molar-refractivity contribution in [2.45, 2.75) is 32.6 Å². The van der Waals surface area contributed by atoms with Crippen molar-refractivity contribution in [1.82, 2.24) is 0 Å². The minimum atomic E-state index is 0.0191. The summed E-state index contributed by atoms with van der Waals surface area (Å²) < 4.78 is 5.68. The van der Waals surface area contributed by atoms with E-state index in [1.54, 1.807) is 0 Å². The van der Waals surface area contributed by atoms with E-state index < -0.39 is 0 Å². The van der Waals surface area contributed by atoms with Gasteiger partial charge in [-0.25, -0.2) is 0 Å². The van der Waals surface area contributed by atoms with Crippen molar-refractivity contribution >= 4 is 5.78 Å². The number of benzene rings is 1. The molecule has 1 unspecified atom stereocenters. The van der Waals surface area contributed by atoms with Crippen LogP contribution in [0, 0.1) is 5.92 Å². The Labute approximate surface area is 108 Å². The zero-order chi connectivity index (χ0) is 13.0. The minimum Gasteiger partial charge on any atom is -0.493 e. The van der Waals surface area contributed by atoms with Gasteiger partial charge in [-0.3, -0.25) is 4.79 Å². The second-order valence-corrected chi connectivity index (χ2v) is 4.94. The molecule has 0 bridgehead atoms. The number of hydrogen-bond donors (Lipinski definition) is 1. The predicted molar refractivity (Wildman–Crippen MR) is 72.0 cm³/mol. The maximum atomic E-state index is 12.4. The van der Waals surface area contributed by atoms with Gasteiger partial charge in [0.25, 0.3) is 0 Å². The lowest BCUT2D eigenvalue weighted by molar-refractivity contribution is 0.0918. The monoisotopic (exact) mass is 247 g/mol. The maximum Gasteiger partial charge on any atom is 0.169 e. The molecule has 2 rings (SSSR count). The summed E-state index contributed by atoms with van der Waals surface area (Å²) in [5.41, 5.74) is 7.40. The van der Waals surface area contributed by atoms with Crippen LogP contribution >= 0.6 is 0 Å². The fraction of sp³-hybridized carbons (Fsp3) is 0.533. The summed E-state index contributed by atoms with van der Waals surface area (Å²) in [6.07, 6.45) is 3.78. The van der Waals surface area contributed by atoms with Gasteiger partial charge in [-0.15, -0.1) is 0 Å². The first-order valence-corrected chi connectivity index (χ1v) is 6.73. The molecule has 3 nitrogen and oxygen atoms in total. The minimum absolute atomic E-state index is 0.0191. The van der Waals surface area contributed by atoms with E-state index in [1.807, 2.05) is 19.1 Å². The summed E-state index contributed by atoms with van der Waals surface area (Å²) in [6.45, 7) is 3.33. The quantitative estimate of drug-likeness (QED) is 0.814. The van der Waals surface area contributed by atoms with Crippen LogP contribution in [0.3, 0.4) is 0 Å². The topological polar surface area (TPSA) is 52.3 Å². The molecule has 0 aliphatic carbocycles. The van der Waals surface area contributed by atoms with Crippen molar-refractivity contribution in [1.29, 1.82) is 0 Å². The molecule has 2 N–H and O–H groups in total. The smallest absolute Gasteiger partial charge is 0.169 e. The van der Waals surface area contributed by atoms with Gasteiger partial charge in [0.2, 0.25) is 0 Å². The molecule has 0 radical (unpaired) electrons. The molecular formula is C15H21NO2. The number of rotatable bonds is 5. The molecular weight excluding hydrogens is 226 g/mol. The molecule has 0 saturated heterocycles. The highest BCUT2D eigenvalue weighted by molar-refractivity contribution is 6.00. The van der Waals surface area contributed by atoms with Gasteiger partial charge >= 0.3 is 0 Å². The second-order valence-electron chi connectivity index (χ2n) is 4.94. The van der Waals surface area contributed by atoms with Gasteiger partial charge < -0.3 is 10.5 Å². The van der Waals surface area contributed by atoms with Crippen molar-refractivity contribution in [3.05, 3.63) is 29.3 Å². The Hall–Kier alpha value is -1.35. The van der Waals surface area contributed by atoms with Crippen molar-refractivity contribution in [2.24, 2.45) is 11.7 Å². The lowest BCUT2D eigenvalue weighted by Gasteiger charge is -2.21. The zero-order valence-electron chi connectivity index (χ0n) is 10.9. The Morgan fingerprint density at radius 2 is 2.33 bits per heavy atom. The third-order valence-electron chi connectivity index (χ3n) is 3.49. The van der Waals surface area contributed by atoms with Crippen molar-refractivity contribution in [2.75, 3.05) is 13.2 Å². The third kappa shape index (κ3) is 2.72. The summed E-state index contributed by atoms with van der Waals surface area (Å²) in [5, 5.41) is 0. The Morgan fingerprint density at radius 1 is 1.50 bits per heavy atom. The highest BCUT2D eigenvalue weighted by Crippen LogP contribution is 2.31. The number of Topliss-reactive ketones (excluding diaryl/α,β-unsaturated/α-hetero) is 1. The number of fused-ring (bicyclic) bond motifs is 1. The fourth-order valence-corrected chi connectivity index (χ4v) is 2.40. The van der Waals surface area contributed by atoms with Gasteiger partial charge in [0, 0.05) is 5.92 Å². The van der Waals surface area contributed by atoms with Crippen LogP contribution in [-0.4, -0.2) is 18.9 Å². The molecule has 1 heterocycles. The molecule has 0 aromatic heterocycles. The van der Waals surface area contributed by atoms with E-state index in [0.717, 1.165) is 42.6 Å². The summed E-state index contributed by atoms with van der Waals surface area (Å²) in [4.78, 5) is 12.4. The van der Waals surface area contributed by atoms with E-state index in [-0.39, 0.29) is 11.7 Å². The van der Waals surface area contributed by atoms with E-state index >= 15 is 0 Å². The van der Waals surface area contributed by atoms with Gasteiger partial charge in [0.1, 0.15) is 5.75 Å². The van der Waals surface area contributed by atoms with E-state index in [4.69, 9.17) is 10.5 Å². The van der Waals surface area contributed by atoms with Crippen molar-refractivity contribution in [3.8, 4) is 5.75 Å². The lowest BCUT2D eigenvalue weighted by Crippen LogP contribution is -2.17. The summed E-state index contributed by atoms with van der Waals surface area (Å²) >= 11 is 0. The number of carbonyl (C=O) groups is 1. The molecule has 0 fully saturated rings. The highest BCUT2D eigenvalue weighted by atomic mass is 16.5. The Kier molecular flexibility index (Phi) is 4.37. The van der Waals surface area contributed by atoms with Crippen LogP contribution in [-0.2, 0) is 6.42 Å². The first kappa shape index (κ1) is 13.1. The van der Waals surface area contributed by atoms with Crippen LogP contribution in [0.25, 0.3) is 0 Å². The van der Waals surface area contributed by atoms with Gasteiger partial charge in [0.05, 0.1) is 12.2 Å². The zero-order valence-corrected chi connectivity index (χ0v) is 10.9. The third-order valence-corrected chi connectivity index (χ3v) is 3.49. The lowest BCUT2D eigenvalue weighted by atomic mass is 9.92. The number of hydrogen-bond acceptors (Lipinski definition) is 3. The largest absolute Gasteiger partial charge is 0.493 e. The molecule has 1 aromatic carbocycles.